The average molecular weight is 654 g/mol. The van der Waals surface area contributed by atoms with Crippen LogP contribution in [0.1, 0.15) is 44.7 Å². The van der Waals surface area contributed by atoms with E-state index < -0.39 is 6.03 Å². The molecule has 11 heteroatoms. The number of benzene rings is 2. The van der Waals surface area contributed by atoms with E-state index in [0.29, 0.717) is 42.2 Å². The van der Waals surface area contributed by atoms with Crippen LogP contribution in [0.15, 0.2) is 67.0 Å². The Morgan fingerprint density at radius 3 is 2.61 bits per heavy atom. The molecule has 2 aliphatic heterocycles. The van der Waals surface area contributed by atoms with Crippen LogP contribution in [0.25, 0.3) is 11.3 Å². The Balaban J connectivity index is 1.19. The van der Waals surface area contributed by atoms with Crippen LogP contribution in [0.3, 0.4) is 0 Å². The van der Waals surface area contributed by atoms with Gasteiger partial charge in [-0.15, -0.1) is 0 Å². The monoisotopic (exact) mass is 653 g/mol. The first kappa shape index (κ1) is 31.7. The third kappa shape index (κ3) is 7.73. The fourth-order valence-corrected chi connectivity index (χ4v) is 6.91. The standard InChI is InChI=1S/C35H36ClN7O2S/c36-31-11-10-29(21-28(31)9-6-25-4-7-27(8-5-25)34(44)39-23-26-3-1-13-38-22-26)33-30-24-42(35(37)45)16-12-32(30)43(40-33)15-2-14-41-17-19-46-20-18-41/h1,3-5,7-8,10-11,13,21-22H,2,12,14-20,23-24H2,(H2,37,45)(H,39,44). The van der Waals surface area contributed by atoms with Gasteiger partial charge in [-0.2, -0.15) is 16.9 Å². The van der Waals surface area contributed by atoms with Crippen molar-refractivity contribution in [3.8, 4) is 23.1 Å². The molecule has 4 heterocycles. The number of halogens is 1. The van der Waals surface area contributed by atoms with E-state index >= 15 is 0 Å². The first-order chi connectivity index (χ1) is 22.4. The summed E-state index contributed by atoms with van der Waals surface area (Å²) in [6.45, 7) is 5.57. The fraction of sp³-hybridized carbons (Fsp3) is 0.314. The predicted molar refractivity (Wildman–Crippen MR) is 183 cm³/mol. The largest absolute Gasteiger partial charge is 0.351 e. The van der Waals surface area contributed by atoms with E-state index in [1.807, 2.05) is 54.2 Å². The van der Waals surface area contributed by atoms with E-state index in [4.69, 9.17) is 22.4 Å². The number of nitrogens with one attached hydrogen (secondary N) is 1. The second kappa shape index (κ2) is 14.9. The number of thioether (sulfide) groups is 1. The number of carbonyl (C=O) groups is 2. The normalized spacial score (nSPS) is 14.7. The number of nitrogens with two attached hydrogens (primary N) is 1. The Labute approximate surface area is 278 Å². The van der Waals surface area contributed by atoms with Gasteiger partial charge >= 0.3 is 6.03 Å². The minimum absolute atomic E-state index is 0.164. The Morgan fingerprint density at radius 1 is 1.02 bits per heavy atom. The highest BCUT2D eigenvalue weighted by Gasteiger charge is 2.27. The molecule has 1 fully saturated rings. The number of amides is 3. The zero-order valence-electron chi connectivity index (χ0n) is 25.5. The third-order valence-corrected chi connectivity index (χ3v) is 9.57. The van der Waals surface area contributed by atoms with Gasteiger partial charge in [-0.25, -0.2) is 4.79 Å². The Bertz CT molecular complexity index is 1760. The first-order valence-electron chi connectivity index (χ1n) is 15.5. The van der Waals surface area contributed by atoms with Gasteiger partial charge in [0.2, 0.25) is 0 Å². The Morgan fingerprint density at radius 2 is 1.85 bits per heavy atom. The number of hydrogen-bond donors (Lipinski definition) is 2. The van der Waals surface area contributed by atoms with E-state index in [-0.39, 0.29) is 5.91 Å². The quantitative estimate of drug-likeness (QED) is 0.265. The molecule has 3 N–H and O–H groups in total. The van der Waals surface area contributed by atoms with Gasteiger partial charge in [0, 0.05) is 96.6 Å². The highest BCUT2D eigenvalue weighted by Crippen LogP contribution is 2.32. The number of hydrogen-bond acceptors (Lipinski definition) is 6. The summed E-state index contributed by atoms with van der Waals surface area (Å²) in [4.78, 5) is 33.0. The average Bonchev–Trinajstić information content (AvgIpc) is 3.45. The molecule has 2 aromatic carbocycles. The molecule has 0 bridgehead atoms. The van der Waals surface area contributed by atoms with Crippen LogP contribution in [-0.2, 0) is 26.1 Å². The van der Waals surface area contributed by atoms with Gasteiger partial charge in [0.1, 0.15) is 0 Å². The number of fused-ring (bicyclic) bond motifs is 1. The number of nitrogens with zero attached hydrogens (tertiary/aromatic N) is 5. The zero-order chi connectivity index (χ0) is 31.9. The lowest BCUT2D eigenvalue weighted by Crippen LogP contribution is -2.39. The van der Waals surface area contributed by atoms with Crippen LogP contribution in [0, 0.1) is 11.8 Å². The van der Waals surface area contributed by atoms with Gasteiger partial charge in [-0.3, -0.25) is 14.5 Å². The van der Waals surface area contributed by atoms with Crippen molar-refractivity contribution in [3.05, 3.63) is 106 Å². The molecule has 46 heavy (non-hydrogen) atoms. The van der Waals surface area contributed by atoms with Crippen molar-refractivity contribution in [1.29, 1.82) is 0 Å². The molecule has 1 saturated heterocycles. The molecule has 236 valence electrons. The van der Waals surface area contributed by atoms with Gasteiger partial charge in [0.05, 0.1) is 17.3 Å². The number of urea groups is 1. The Kier molecular flexibility index (Phi) is 10.2. The molecule has 2 aromatic heterocycles. The van der Waals surface area contributed by atoms with Crippen LogP contribution < -0.4 is 11.1 Å². The van der Waals surface area contributed by atoms with E-state index in [2.05, 4.69) is 31.7 Å². The highest BCUT2D eigenvalue weighted by molar-refractivity contribution is 7.99. The number of aromatic nitrogens is 3. The minimum Gasteiger partial charge on any atom is -0.351 e. The molecule has 2 aliphatic rings. The fourth-order valence-electron chi connectivity index (χ4n) is 5.76. The number of rotatable bonds is 8. The molecule has 0 radical (unpaired) electrons. The molecule has 3 amide bonds. The maximum atomic E-state index is 12.6. The van der Waals surface area contributed by atoms with Gasteiger partial charge in [0.15, 0.2) is 0 Å². The van der Waals surface area contributed by atoms with Crippen molar-refractivity contribution in [2.24, 2.45) is 5.73 Å². The molecular weight excluding hydrogens is 618 g/mol. The second-order valence-corrected chi connectivity index (χ2v) is 13.0. The van der Waals surface area contributed by atoms with Gasteiger partial charge in [0.25, 0.3) is 5.91 Å². The second-order valence-electron chi connectivity index (χ2n) is 11.4. The first-order valence-corrected chi connectivity index (χ1v) is 17.0. The molecule has 0 aliphatic carbocycles. The lowest BCUT2D eigenvalue weighted by atomic mass is 9.99. The van der Waals surface area contributed by atoms with Gasteiger partial charge < -0.3 is 20.9 Å². The number of primary amides is 1. The van der Waals surface area contributed by atoms with Crippen LogP contribution >= 0.6 is 23.4 Å². The van der Waals surface area contributed by atoms with Crippen LogP contribution in [0.5, 0.6) is 0 Å². The van der Waals surface area contributed by atoms with Crippen LogP contribution in [0.4, 0.5) is 4.79 Å². The third-order valence-electron chi connectivity index (χ3n) is 8.30. The van der Waals surface area contributed by atoms with Crippen molar-refractivity contribution in [3.63, 3.8) is 0 Å². The number of aryl methyl sites for hydroxylation is 1. The molecule has 6 rings (SSSR count). The van der Waals surface area contributed by atoms with Crippen molar-refractivity contribution in [1.82, 2.24) is 29.9 Å². The Hall–Kier alpha value is -4.30. The molecule has 0 spiro atoms. The summed E-state index contributed by atoms with van der Waals surface area (Å²) in [6.07, 6.45) is 5.15. The van der Waals surface area contributed by atoms with Crippen molar-refractivity contribution in [2.75, 3.05) is 37.7 Å². The van der Waals surface area contributed by atoms with Crippen molar-refractivity contribution >= 4 is 35.3 Å². The summed E-state index contributed by atoms with van der Waals surface area (Å²) in [7, 11) is 0. The summed E-state index contributed by atoms with van der Waals surface area (Å²) in [5.41, 5.74) is 12.5. The summed E-state index contributed by atoms with van der Waals surface area (Å²) < 4.78 is 2.12. The molecule has 0 atom stereocenters. The van der Waals surface area contributed by atoms with Gasteiger partial charge in [-0.1, -0.05) is 35.6 Å². The van der Waals surface area contributed by atoms with E-state index in [0.717, 1.165) is 66.2 Å². The van der Waals surface area contributed by atoms with E-state index in [1.54, 1.807) is 29.4 Å². The SMILES string of the molecule is NC(=O)N1CCc2c(c(-c3ccc(Cl)c(C#Cc4ccc(C(=O)NCc5cccnc5)cc4)c3)nn2CCCN2CCSCC2)C1. The zero-order valence-corrected chi connectivity index (χ0v) is 27.1. The van der Waals surface area contributed by atoms with Crippen molar-refractivity contribution in [2.45, 2.75) is 32.5 Å². The van der Waals surface area contributed by atoms with Crippen LogP contribution in [-0.4, -0.2) is 74.2 Å². The molecule has 0 saturated carbocycles. The molecule has 0 unspecified atom stereocenters. The molecular formula is C35H36ClN7O2S. The molecule has 9 nitrogen and oxygen atoms in total. The summed E-state index contributed by atoms with van der Waals surface area (Å²) in [5, 5.41) is 8.52. The van der Waals surface area contributed by atoms with Crippen LogP contribution in [0.2, 0.25) is 5.02 Å². The smallest absolute Gasteiger partial charge is 0.315 e. The summed E-state index contributed by atoms with van der Waals surface area (Å²) in [5.74, 6) is 8.61. The topological polar surface area (TPSA) is 109 Å². The lowest BCUT2D eigenvalue weighted by molar-refractivity contribution is 0.0951. The summed E-state index contributed by atoms with van der Waals surface area (Å²) in [6, 6.07) is 16.2. The lowest BCUT2D eigenvalue weighted by Gasteiger charge is -2.27. The predicted octanol–water partition coefficient (Wildman–Crippen LogP) is 4.80. The minimum atomic E-state index is -0.424. The highest BCUT2D eigenvalue weighted by atomic mass is 35.5. The van der Waals surface area contributed by atoms with Crippen molar-refractivity contribution < 1.29 is 9.59 Å². The molecule has 4 aromatic rings. The van der Waals surface area contributed by atoms with E-state index in [9.17, 15) is 9.59 Å². The van der Waals surface area contributed by atoms with E-state index in [1.165, 1.54) is 11.5 Å². The summed E-state index contributed by atoms with van der Waals surface area (Å²) >= 11 is 8.62. The number of carbonyl (C=O) groups excluding carboxylic acids is 2. The number of pyridine rings is 1. The maximum absolute atomic E-state index is 12.6. The maximum Gasteiger partial charge on any atom is 0.315 e. The van der Waals surface area contributed by atoms with Gasteiger partial charge in [-0.05, 0) is 61.0 Å².